The molecular weight excluding hydrogens is 576 g/mol. The number of rotatable bonds is 13. The molecule has 0 spiro atoms. The van der Waals surface area contributed by atoms with E-state index in [1.165, 1.54) is 17.8 Å². The predicted octanol–water partition coefficient (Wildman–Crippen LogP) is 6.09. The van der Waals surface area contributed by atoms with Crippen LogP contribution < -0.4 is 9.62 Å². The molecule has 1 amide bonds. The number of carboxylic acids is 1. The lowest BCUT2D eigenvalue weighted by molar-refractivity contribution is -0.135. The second-order valence-electron chi connectivity index (χ2n) is 11.7. The highest BCUT2D eigenvalue weighted by Crippen LogP contribution is 2.30. The Morgan fingerprint density at radius 1 is 1.10 bits per heavy atom. The van der Waals surface area contributed by atoms with Gasteiger partial charge in [0.2, 0.25) is 4.34 Å². The zero-order valence-corrected chi connectivity index (χ0v) is 26.6. The van der Waals surface area contributed by atoms with Gasteiger partial charge in [-0.2, -0.15) is 4.72 Å². The number of ether oxygens (including phenoxy) is 1. The normalized spacial score (nSPS) is 13.0. The molecule has 0 radical (unpaired) electrons. The Morgan fingerprint density at radius 2 is 1.79 bits per heavy atom. The molecule has 42 heavy (non-hydrogen) atoms. The summed E-state index contributed by atoms with van der Waals surface area (Å²) in [6.45, 7) is 10.9. The Bertz CT molecular complexity index is 1450. The van der Waals surface area contributed by atoms with Gasteiger partial charge in [0.05, 0.1) is 11.7 Å². The first-order valence-corrected chi connectivity index (χ1v) is 16.2. The summed E-state index contributed by atoms with van der Waals surface area (Å²) in [4.78, 5) is 33.9. The van der Waals surface area contributed by atoms with E-state index < -0.39 is 40.3 Å². The third-order valence-corrected chi connectivity index (χ3v) is 9.24. The van der Waals surface area contributed by atoms with Gasteiger partial charge in [-0.1, -0.05) is 63.9 Å². The van der Waals surface area contributed by atoms with Gasteiger partial charge in [0.15, 0.2) is 0 Å². The number of sulfonamides is 1. The van der Waals surface area contributed by atoms with Gasteiger partial charge >= 0.3 is 12.1 Å². The zero-order valence-electron chi connectivity index (χ0n) is 25.0. The van der Waals surface area contributed by atoms with Gasteiger partial charge in [-0.15, -0.1) is 11.3 Å². The van der Waals surface area contributed by atoms with Crippen molar-refractivity contribution in [3.8, 4) is 0 Å². The summed E-state index contributed by atoms with van der Waals surface area (Å²) in [5.74, 6) is -1.23. The average molecular weight is 617 g/mol. The molecule has 0 saturated carbocycles. The quantitative estimate of drug-likeness (QED) is 0.235. The van der Waals surface area contributed by atoms with Gasteiger partial charge in [0.1, 0.15) is 18.0 Å². The van der Waals surface area contributed by atoms with Crippen LogP contribution in [0.5, 0.6) is 0 Å². The van der Waals surface area contributed by atoms with Crippen LogP contribution in [0.3, 0.4) is 0 Å². The lowest BCUT2D eigenvalue weighted by atomic mass is 9.80. The Morgan fingerprint density at radius 3 is 2.36 bits per heavy atom. The van der Waals surface area contributed by atoms with Crippen LogP contribution in [0, 0.1) is 0 Å². The summed E-state index contributed by atoms with van der Waals surface area (Å²) in [6, 6.07) is 12.0. The second kappa shape index (κ2) is 13.7. The number of hydrogen-bond donors (Lipinski definition) is 2. The van der Waals surface area contributed by atoms with Gasteiger partial charge < -0.3 is 9.84 Å². The molecule has 0 bridgehead atoms. The van der Waals surface area contributed by atoms with Crippen LogP contribution in [0.1, 0.15) is 83.7 Å². The highest BCUT2D eigenvalue weighted by atomic mass is 32.2. The smallest absolute Gasteiger partial charge is 0.416 e. The Balaban J connectivity index is 1.99. The average Bonchev–Trinajstić information content (AvgIpc) is 3.46. The first kappa shape index (κ1) is 33.2. The van der Waals surface area contributed by atoms with Crippen molar-refractivity contribution in [1.82, 2.24) is 14.7 Å². The zero-order chi connectivity index (χ0) is 31.1. The fourth-order valence-corrected chi connectivity index (χ4v) is 6.41. The van der Waals surface area contributed by atoms with Crippen molar-refractivity contribution in [3.05, 3.63) is 70.9 Å². The minimum absolute atomic E-state index is 0.00548. The number of aromatic nitrogens is 2. The van der Waals surface area contributed by atoms with E-state index in [1.807, 2.05) is 12.1 Å². The number of hydrogen-bond acceptors (Lipinski definition) is 8. The molecule has 2 N–H and O–H groups in total. The molecule has 0 saturated heterocycles. The van der Waals surface area contributed by atoms with Crippen molar-refractivity contribution in [2.45, 2.75) is 88.6 Å². The molecule has 0 aliphatic heterocycles. The molecule has 228 valence electrons. The minimum Gasteiger partial charge on any atom is -0.480 e. The summed E-state index contributed by atoms with van der Waals surface area (Å²) in [6.07, 6.45) is 4.08. The Kier molecular flexibility index (Phi) is 10.9. The fraction of sp³-hybridized carbons (Fsp3) is 0.467. The van der Waals surface area contributed by atoms with Crippen molar-refractivity contribution in [2.75, 3.05) is 11.4 Å². The second-order valence-corrected chi connectivity index (χ2v) is 14.5. The van der Waals surface area contributed by atoms with Crippen LogP contribution in [0.25, 0.3) is 0 Å². The third kappa shape index (κ3) is 9.33. The number of anilines is 1. The number of carbonyl (C=O) groups excluding carboxylic acids is 1. The molecule has 10 nitrogen and oxygen atoms in total. The SMILES string of the molecule is CCCCC(C)(C)c1ccc(CC(NS(=O)(=O)c2nccs2)c2cccc(N(CC(=O)O)C(=O)OC(C)(C)C)n2)cc1. The maximum Gasteiger partial charge on any atom is 0.416 e. The molecule has 0 fully saturated rings. The monoisotopic (exact) mass is 616 g/mol. The first-order valence-electron chi connectivity index (χ1n) is 13.8. The van der Waals surface area contributed by atoms with E-state index in [0.29, 0.717) is 5.69 Å². The molecule has 3 aromatic rings. The van der Waals surface area contributed by atoms with E-state index in [-0.39, 0.29) is 22.0 Å². The first-order chi connectivity index (χ1) is 19.6. The van der Waals surface area contributed by atoms with Gasteiger partial charge in [0.25, 0.3) is 10.0 Å². The van der Waals surface area contributed by atoms with E-state index in [9.17, 15) is 23.1 Å². The van der Waals surface area contributed by atoms with Gasteiger partial charge in [-0.05, 0) is 62.3 Å². The number of pyridine rings is 1. The molecule has 0 aliphatic carbocycles. The van der Waals surface area contributed by atoms with Gasteiger partial charge in [-0.25, -0.2) is 23.2 Å². The molecule has 2 aromatic heterocycles. The third-order valence-electron chi connectivity index (χ3n) is 6.56. The molecule has 2 heterocycles. The van der Waals surface area contributed by atoms with Crippen LogP contribution >= 0.6 is 11.3 Å². The van der Waals surface area contributed by atoms with Crippen molar-refractivity contribution in [1.29, 1.82) is 0 Å². The van der Waals surface area contributed by atoms with Crippen LogP contribution in [-0.4, -0.2) is 47.7 Å². The summed E-state index contributed by atoms with van der Waals surface area (Å²) >= 11 is 0.992. The van der Waals surface area contributed by atoms with Crippen molar-refractivity contribution in [3.63, 3.8) is 0 Å². The predicted molar refractivity (Wildman–Crippen MR) is 163 cm³/mol. The van der Waals surface area contributed by atoms with Crippen molar-refractivity contribution < 1.29 is 27.9 Å². The number of benzene rings is 1. The Hall–Kier alpha value is -3.35. The molecular formula is C30H40N4O6S2. The van der Waals surface area contributed by atoms with E-state index in [1.54, 1.807) is 38.3 Å². The summed E-state index contributed by atoms with van der Waals surface area (Å²) < 4.78 is 34.5. The van der Waals surface area contributed by atoms with E-state index >= 15 is 0 Å². The highest BCUT2D eigenvalue weighted by molar-refractivity contribution is 7.91. The molecule has 12 heteroatoms. The van der Waals surface area contributed by atoms with E-state index in [4.69, 9.17) is 4.74 Å². The van der Waals surface area contributed by atoms with E-state index in [0.717, 1.165) is 41.1 Å². The number of carbonyl (C=O) groups is 2. The van der Waals surface area contributed by atoms with Crippen LogP contribution in [-0.2, 0) is 31.4 Å². The summed E-state index contributed by atoms with van der Waals surface area (Å²) in [5, 5.41) is 11.1. The number of nitrogens with zero attached hydrogens (tertiary/aromatic N) is 3. The summed E-state index contributed by atoms with van der Waals surface area (Å²) in [5.41, 5.74) is 1.51. The number of unbranched alkanes of at least 4 members (excludes halogenated alkanes) is 1. The van der Waals surface area contributed by atoms with E-state index in [2.05, 4.69) is 47.6 Å². The van der Waals surface area contributed by atoms with Crippen LogP contribution in [0.2, 0.25) is 0 Å². The Labute approximate surface area is 252 Å². The number of amides is 1. The van der Waals surface area contributed by atoms with Crippen molar-refractivity contribution in [2.24, 2.45) is 0 Å². The lowest BCUT2D eigenvalue weighted by Gasteiger charge is -2.27. The van der Waals surface area contributed by atoms with Crippen LogP contribution in [0.15, 0.2) is 58.4 Å². The molecule has 3 rings (SSSR count). The molecule has 1 atom stereocenters. The minimum atomic E-state index is -4.00. The lowest BCUT2D eigenvalue weighted by Crippen LogP contribution is -2.40. The molecule has 0 aliphatic rings. The van der Waals surface area contributed by atoms with Gasteiger partial charge in [0, 0.05) is 11.6 Å². The summed E-state index contributed by atoms with van der Waals surface area (Å²) in [7, 11) is -4.00. The fourth-order valence-electron chi connectivity index (χ4n) is 4.35. The number of thiazole rings is 1. The maximum absolute atomic E-state index is 13.2. The topological polar surface area (TPSA) is 139 Å². The van der Waals surface area contributed by atoms with Crippen LogP contribution in [0.4, 0.5) is 10.6 Å². The van der Waals surface area contributed by atoms with Gasteiger partial charge in [-0.3, -0.25) is 9.69 Å². The molecule has 1 unspecified atom stereocenters. The maximum atomic E-state index is 13.2. The number of carboxylic acid groups (broad SMARTS) is 1. The highest BCUT2D eigenvalue weighted by Gasteiger charge is 2.29. The van der Waals surface area contributed by atoms with Crippen molar-refractivity contribution >= 4 is 39.2 Å². The largest absolute Gasteiger partial charge is 0.480 e. The number of aliphatic carboxylic acids is 1. The number of nitrogens with one attached hydrogen (secondary N) is 1. The standard InChI is InChI=1S/C30H40N4O6S2/c1-7-8-16-30(5,6)22-14-12-21(13-15-22)19-24(33-42(38,39)27-31-17-18-41-27)23-10-9-11-25(32-23)34(20-26(35)36)28(37)40-29(2,3)4/h9-15,17-18,24,33H,7-8,16,19-20H2,1-6H3,(H,35,36). The molecule has 1 aromatic carbocycles.